The normalized spacial score (nSPS) is 17.7. The predicted molar refractivity (Wildman–Crippen MR) is 114 cm³/mol. The zero-order chi connectivity index (χ0) is 23.3. The number of nitrogens with zero attached hydrogens (tertiary/aromatic N) is 3. The monoisotopic (exact) mass is 442 g/mol. The van der Waals surface area contributed by atoms with Gasteiger partial charge in [0.1, 0.15) is 6.07 Å². The minimum Gasteiger partial charge on any atom is -0.480 e. The molecule has 0 radical (unpaired) electrons. The molecule has 1 aliphatic rings. The van der Waals surface area contributed by atoms with Crippen molar-refractivity contribution in [1.29, 1.82) is 5.26 Å². The van der Waals surface area contributed by atoms with E-state index >= 15 is 0 Å². The van der Waals surface area contributed by atoms with E-state index < -0.39 is 18.0 Å². The van der Waals surface area contributed by atoms with E-state index in [9.17, 15) is 19.2 Å². The van der Waals surface area contributed by atoms with Gasteiger partial charge in [0, 0.05) is 6.04 Å². The number of ketones is 1. The summed E-state index contributed by atoms with van der Waals surface area (Å²) < 4.78 is 19.7. The largest absolute Gasteiger partial charge is 0.480 e. The van der Waals surface area contributed by atoms with Gasteiger partial charge in [-0.3, -0.25) is 4.79 Å². The highest BCUT2D eigenvalue weighted by molar-refractivity contribution is 5.97. The molecule has 3 rings (SSSR count). The third-order valence-electron chi connectivity index (χ3n) is 5.18. The topological polar surface area (TPSA) is 149 Å². The van der Waals surface area contributed by atoms with Crippen molar-refractivity contribution >= 4 is 29.2 Å². The highest BCUT2D eigenvalue weighted by Gasteiger charge is 2.28. The summed E-state index contributed by atoms with van der Waals surface area (Å²) in [6, 6.07) is 3.69. The number of pyridine rings is 2. The number of aromatic nitrogens is 2. The first-order chi connectivity index (χ1) is 15.3. The maximum atomic E-state index is 14.7. The summed E-state index contributed by atoms with van der Waals surface area (Å²) in [5.74, 6) is -0.876. The van der Waals surface area contributed by atoms with Gasteiger partial charge >= 0.3 is 6.09 Å². The lowest BCUT2D eigenvalue weighted by molar-refractivity contribution is 0.101. The predicted octanol–water partition coefficient (Wildman–Crippen LogP) is 3.43. The molecule has 0 aliphatic heterocycles. The van der Waals surface area contributed by atoms with E-state index in [1.807, 2.05) is 6.07 Å². The van der Waals surface area contributed by atoms with E-state index in [1.165, 1.54) is 26.3 Å². The molecule has 1 fully saturated rings. The van der Waals surface area contributed by atoms with E-state index in [4.69, 9.17) is 9.84 Å². The molecule has 10 nitrogen and oxygen atoms in total. The fourth-order valence-corrected chi connectivity index (χ4v) is 3.65. The van der Waals surface area contributed by atoms with Gasteiger partial charge in [-0.05, 0) is 31.9 Å². The van der Waals surface area contributed by atoms with E-state index in [0.717, 1.165) is 18.9 Å². The zero-order valence-electron chi connectivity index (χ0n) is 17.6. The molecule has 4 N–H and O–H groups in total. The number of ether oxygens (including phenoxy) is 1. The third-order valence-corrected chi connectivity index (χ3v) is 5.18. The van der Waals surface area contributed by atoms with Crippen LogP contribution in [-0.4, -0.2) is 46.1 Å². The van der Waals surface area contributed by atoms with E-state index in [2.05, 4.69) is 25.9 Å². The Morgan fingerprint density at radius 1 is 1.25 bits per heavy atom. The number of Topliss-reactive ketones (excluding diaryl/α,β-unsaturated/α-hetero) is 1. The standard InChI is InChI=1S/C21H23FN6O4/c1-11(29)14-8-13(10-24-20(14)32-2)25-18-12(9-23)7-15(22)19(28-18)26-16-5-3-4-6-17(16)27-21(30)31/h7-8,10,16-17,27H,3-6H2,1-2H3,(H,30,31)(H2,25,26,28)/t16-,17+/m1/s1. The summed E-state index contributed by atoms with van der Waals surface area (Å²) in [7, 11) is 1.40. The first kappa shape index (κ1) is 22.7. The second kappa shape index (κ2) is 9.91. The van der Waals surface area contributed by atoms with Crippen molar-refractivity contribution in [3.63, 3.8) is 0 Å². The average molecular weight is 442 g/mol. The summed E-state index contributed by atoms with van der Waals surface area (Å²) in [6.45, 7) is 1.37. The van der Waals surface area contributed by atoms with Gasteiger partial charge in [-0.15, -0.1) is 0 Å². The number of carboxylic acid groups (broad SMARTS) is 1. The fraction of sp³-hybridized carbons (Fsp3) is 0.381. The van der Waals surface area contributed by atoms with Crippen LogP contribution >= 0.6 is 0 Å². The Morgan fingerprint density at radius 3 is 2.59 bits per heavy atom. The van der Waals surface area contributed by atoms with Gasteiger partial charge in [-0.2, -0.15) is 5.26 Å². The number of carbonyl (C=O) groups excluding carboxylic acids is 1. The first-order valence-electron chi connectivity index (χ1n) is 10.0. The second-order valence-electron chi connectivity index (χ2n) is 7.38. The van der Waals surface area contributed by atoms with Gasteiger partial charge in [0.2, 0.25) is 5.88 Å². The molecule has 1 amide bonds. The molecule has 11 heteroatoms. The molecular weight excluding hydrogens is 419 g/mol. The molecule has 1 aliphatic carbocycles. The number of nitrogens with one attached hydrogen (secondary N) is 3. The number of rotatable bonds is 7. The number of anilines is 3. The van der Waals surface area contributed by atoms with Crippen LogP contribution in [0.4, 0.5) is 26.5 Å². The van der Waals surface area contributed by atoms with Crippen LogP contribution in [0.1, 0.15) is 48.5 Å². The Balaban J connectivity index is 1.90. The molecule has 0 unspecified atom stereocenters. The number of halogens is 1. The number of hydrogen-bond donors (Lipinski definition) is 4. The molecule has 0 bridgehead atoms. The maximum Gasteiger partial charge on any atom is 0.404 e. The van der Waals surface area contributed by atoms with Crippen molar-refractivity contribution in [1.82, 2.24) is 15.3 Å². The van der Waals surface area contributed by atoms with E-state index in [0.29, 0.717) is 18.5 Å². The molecule has 168 valence electrons. The molecule has 1 saturated carbocycles. The lowest BCUT2D eigenvalue weighted by Crippen LogP contribution is -2.48. The Kier molecular flexibility index (Phi) is 7.04. The quantitative estimate of drug-likeness (QED) is 0.473. The summed E-state index contributed by atoms with van der Waals surface area (Å²) >= 11 is 0. The number of hydrogen-bond acceptors (Lipinski definition) is 8. The number of nitriles is 1. The lowest BCUT2D eigenvalue weighted by atomic mass is 9.90. The van der Waals surface area contributed by atoms with Gasteiger partial charge < -0.3 is 25.8 Å². The third kappa shape index (κ3) is 5.21. The van der Waals surface area contributed by atoms with Gasteiger partial charge in [0.05, 0.1) is 36.2 Å². The number of methoxy groups -OCH3 is 1. The van der Waals surface area contributed by atoms with Gasteiger partial charge in [-0.25, -0.2) is 19.2 Å². The van der Waals surface area contributed by atoms with E-state index in [1.54, 1.807) is 0 Å². The average Bonchev–Trinajstić information content (AvgIpc) is 2.76. The van der Waals surface area contributed by atoms with Crippen molar-refractivity contribution in [2.75, 3.05) is 17.7 Å². The maximum absolute atomic E-state index is 14.7. The Morgan fingerprint density at radius 2 is 1.97 bits per heavy atom. The highest BCUT2D eigenvalue weighted by Crippen LogP contribution is 2.28. The summed E-state index contributed by atoms with van der Waals surface area (Å²) in [5.41, 5.74) is 0.555. The molecule has 0 aromatic carbocycles. The molecule has 0 saturated heterocycles. The fourth-order valence-electron chi connectivity index (χ4n) is 3.65. The van der Waals surface area contributed by atoms with Crippen LogP contribution in [0.15, 0.2) is 18.3 Å². The summed E-state index contributed by atoms with van der Waals surface area (Å²) in [5, 5.41) is 26.8. The molecule has 2 heterocycles. The molecular formula is C21H23FN6O4. The van der Waals surface area contributed by atoms with Crippen LogP contribution in [-0.2, 0) is 0 Å². The van der Waals surface area contributed by atoms with Crippen LogP contribution in [0, 0.1) is 17.1 Å². The smallest absolute Gasteiger partial charge is 0.404 e. The minimum absolute atomic E-state index is 0.0444. The van der Waals surface area contributed by atoms with Gasteiger partial charge in [0.15, 0.2) is 23.2 Å². The SMILES string of the molecule is COc1ncc(Nc2nc(N[C@@H]3CCCC[C@@H]3NC(=O)O)c(F)cc2C#N)cc1C(C)=O. The molecule has 0 spiro atoms. The van der Waals surface area contributed by atoms with Crippen molar-refractivity contribution < 1.29 is 23.8 Å². The zero-order valence-corrected chi connectivity index (χ0v) is 17.6. The van der Waals surface area contributed by atoms with Crippen molar-refractivity contribution in [2.45, 2.75) is 44.7 Å². The molecule has 2 aromatic heterocycles. The lowest BCUT2D eigenvalue weighted by Gasteiger charge is -2.32. The minimum atomic E-state index is -1.15. The van der Waals surface area contributed by atoms with Crippen LogP contribution in [0.5, 0.6) is 5.88 Å². The van der Waals surface area contributed by atoms with E-state index in [-0.39, 0.29) is 40.5 Å². The highest BCUT2D eigenvalue weighted by atomic mass is 19.1. The summed E-state index contributed by atoms with van der Waals surface area (Å²) in [4.78, 5) is 31.2. The first-order valence-corrected chi connectivity index (χ1v) is 10.0. The molecule has 2 aromatic rings. The number of carbonyl (C=O) groups is 2. The van der Waals surface area contributed by atoms with Crippen molar-refractivity contribution in [3.05, 3.63) is 35.3 Å². The Labute approximate surface area is 183 Å². The van der Waals surface area contributed by atoms with Gasteiger partial charge in [0.25, 0.3) is 0 Å². The summed E-state index contributed by atoms with van der Waals surface area (Å²) in [6.07, 6.45) is 3.25. The molecule has 2 atom stereocenters. The number of amides is 1. The van der Waals surface area contributed by atoms with Crippen LogP contribution < -0.4 is 20.7 Å². The van der Waals surface area contributed by atoms with Crippen molar-refractivity contribution in [2.24, 2.45) is 0 Å². The second-order valence-corrected chi connectivity index (χ2v) is 7.38. The van der Waals surface area contributed by atoms with Crippen molar-refractivity contribution in [3.8, 4) is 11.9 Å². The van der Waals surface area contributed by atoms with Gasteiger partial charge in [-0.1, -0.05) is 12.8 Å². The van der Waals surface area contributed by atoms with Crippen LogP contribution in [0.3, 0.4) is 0 Å². The Hall–Kier alpha value is -3.94. The molecule has 32 heavy (non-hydrogen) atoms. The van der Waals surface area contributed by atoms with Crippen LogP contribution in [0.2, 0.25) is 0 Å². The van der Waals surface area contributed by atoms with Crippen LogP contribution in [0.25, 0.3) is 0 Å². The Bertz CT molecular complexity index is 1070.